The Kier molecular flexibility index (Phi) is 4.07. The zero-order valence-corrected chi connectivity index (χ0v) is 15.9. The zero-order valence-electron chi connectivity index (χ0n) is 15.1. The van der Waals surface area contributed by atoms with Gasteiger partial charge < -0.3 is 10.6 Å². The Morgan fingerprint density at radius 1 is 1.30 bits per heavy atom. The molecule has 7 heteroatoms. The maximum atomic E-state index is 12.2. The van der Waals surface area contributed by atoms with Crippen molar-refractivity contribution in [3.05, 3.63) is 57.3 Å². The van der Waals surface area contributed by atoms with Crippen molar-refractivity contribution in [3.63, 3.8) is 0 Å². The first-order chi connectivity index (χ1) is 13.2. The van der Waals surface area contributed by atoms with Crippen molar-refractivity contribution < 1.29 is 0 Å². The molecule has 0 bridgehead atoms. The zero-order chi connectivity index (χ0) is 18.4. The molecule has 27 heavy (non-hydrogen) atoms. The monoisotopic (exact) mass is 379 g/mol. The second-order valence-corrected chi connectivity index (χ2v) is 8.29. The van der Waals surface area contributed by atoms with E-state index in [0.717, 1.165) is 41.7 Å². The van der Waals surface area contributed by atoms with Gasteiger partial charge in [-0.05, 0) is 55.3 Å². The molecule has 0 aliphatic carbocycles. The Morgan fingerprint density at radius 3 is 3.07 bits per heavy atom. The predicted octanol–water partition coefficient (Wildman–Crippen LogP) is 2.66. The van der Waals surface area contributed by atoms with Crippen molar-refractivity contribution >= 4 is 27.9 Å². The maximum absolute atomic E-state index is 12.2. The number of rotatable bonds is 4. The minimum absolute atomic E-state index is 0.201. The van der Waals surface area contributed by atoms with E-state index >= 15 is 0 Å². The fourth-order valence-electron chi connectivity index (χ4n) is 3.82. The molecular formula is C20H21N5OS. The average Bonchev–Trinajstić information content (AvgIpc) is 3.41. The van der Waals surface area contributed by atoms with Crippen LogP contribution in [0.15, 0.2) is 41.2 Å². The smallest absolute Gasteiger partial charge is 0.315 e. The van der Waals surface area contributed by atoms with Crippen molar-refractivity contribution in [1.29, 1.82) is 0 Å². The van der Waals surface area contributed by atoms with Crippen LogP contribution in [0.5, 0.6) is 0 Å². The lowest BCUT2D eigenvalue weighted by molar-refractivity contribution is 0.551. The van der Waals surface area contributed by atoms with E-state index in [-0.39, 0.29) is 5.69 Å². The molecule has 0 unspecified atom stereocenters. The summed E-state index contributed by atoms with van der Waals surface area (Å²) in [7, 11) is 0. The Balaban J connectivity index is 1.50. The summed E-state index contributed by atoms with van der Waals surface area (Å²) >= 11 is 1.80. The molecule has 3 N–H and O–H groups in total. The fourth-order valence-corrected chi connectivity index (χ4v) is 4.77. The van der Waals surface area contributed by atoms with E-state index in [0.29, 0.717) is 11.7 Å². The fraction of sp³-hybridized carbons (Fsp3) is 0.300. The second-order valence-electron chi connectivity index (χ2n) is 7.12. The number of nitrogens with one attached hydrogen (secondary N) is 3. The predicted molar refractivity (Wildman–Crippen MR) is 109 cm³/mol. The van der Waals surface area contributed by atoms with Crippen molar-refractivity contribution in [2.24, 2.45) is 0 Å². The third-order valence-corrected chi connectivity index (χ3v) is 6.41. The largest absolute Gasteiger partial charge is 0.348 e. The Hall–Kier alpha value is -2.48. The molecule has 6 nitrogen and oxygen atoms in total. The van der Waals surface area contributed by atoms with Crippen LogP contribution in [0.1, 0.15) is 16.9 Å². The molecule has 0 saturated carbocycles. The highest BCUT2D eigenvalue weighted by Gasteiger charge is 2.14. The van der Waals surface area contributed by atoms with Gasteiger partial charge in [0.25, 0.3) is 0 Å². The lowest BCUT2D eigenvalue weighted by Gasteiger charge is -2.09. The molecule has 0 spiro atoms. The SMILES string of the molecule is Cc1cc2n[nH]c(=O)n2c2cc(-c3ccc(CN[C@H]4CCNC4)s3)ccc12. The van der Waals surface area contributed by atoms with Gasteiger partial charge in [-0.15, -0.1) is 11.3 Å². The molecule has 0 amide bonds. The highest BCUT2D eigenvalue weighted by Crippen LogP contribution is 2.31. The summed E-state index contributed by atoms with van der Waals surface area (Å²) in [5.41, 5.74) is 3.59. The number of aromatic amines is 1. The molecule has 0 radical (unpaired) electrons. The van der Waals surface area contributed by atoms with E-state index in [4.69, 9.17) is 0 Å². The third-order valence-electron chi connectivity index (χ3n) is 5.28. The molecule has 4 aromatic rings. The summed E-state index contributed by atoms with van der Waals surface area (Å²) in [6.45, 7) is 5.10. The minimum atomic E-state index is -0.201. The van der Waals surface area contributed by atoms with Crippen molar-refractivity contribution in [2.45, 2.75) is 25.9 Å². The van der Waals surface area contributed by atoms with Crippen LogP contribution in [-0.2, 0) is 6.54 Å². The topological polar surface area (TPSA) is 74.2 Å². The molecule has 1 aromatic carbocycles. The van der Waals surface area contributed by atoms with Crippen LogP contribution in [-0.4, -0.2) is 33.7 Å². The van der Waals surface area contributed by atoms with E-state index in [1.54, 1.807) is 15.7 Å². The van der Waals surface area contributed by atoms with Crippen LogP contribution in [0.4, 0.5) is 0 Å². The standard InChI is InChI=1S/C20H21N5OS/c1-12-8-19-23-24-20(26)25(19)17-9-13(2-4-16(12)17)18-5-3-15(27-18)11-22-14-6-7-21-10-14/h2-5,8-9,14,21-22H,6-7,10-11H2,1H3,(H,24,26)/t14-/m0/s1. The number of fused-ring (bicyclic) bond motifs is 3. The summed E-state index contributed by atoms with van der Waals surface area (Å²) in [6, 6.07) is 13.2. The molecule has 1 saturated heterocycles. The van der Waals surface area contributed by atoms with Gasteiger partial charge in [0.05, 0.1) is 5.52 Å². The maximum Gasteiger partial charge on any atom is 0.348 e. The number of thiophene rings is 1. The highest BCUT2D eigenvalue weighted by atomic mass is 32.1. The van der Waals surface area contributed by atoms with Crippen LogP contribution in [0.25, 0.3) is 27.0 Å². The first-order valence-electron chi connectivity index (χ1n) is 9.23. The van der Waals surface area contributed by atoms with E-state index in [2.05, 4.69) is 51.2 Å². The van der Waals surface area contributed by atoms with Gasteiger partial charge >= 0.3 is 5.69 Å². The molecule has 1 aliphatic heterocycles. The Labute approximate surface area is 160 Å². The quantitative estimate of drug-likeness (QED) is 0.510. The number of hydrogen-bond acceptors (Lipinski definition) is 5. The van der Waals surface area contributed by atoms with Gasteiger partial charge in [-0.1, -0.05) is 12.1 Å². The first kappa shape index (κ1) is 16.7. The molecule has 4 heterocycles. The summed E-state index contributed by atoms with van der Waals surface area (Å²) < 4.78 is 1.65. The second kappa shape index (κ2) is 6.60. The lowest BCUT2D eigenvalue weighted by atomic mass is 10.1. The normalized spacial score (nSPS) is 17.3. The van der Waals surface area contributed by atoms with E-state index in [1.165, 1.54) is 16.2 Å². The number of benzene rings is 1. The lowest BCUT2D eigenvalue weighted by Crippen LogP contribution is -2.30. The number of hydrogen-bond donors (Lipinski definition) is 3. The average molecular weight is 379 g/mol. The Morgan fingerprint density at radius 2 is 2.22 bits per heavy atom. The van der Waals surface area contributed by atoms with Gasteiger partial charge in [-0.25, -0.2) is 14.3 Å². The molecule has 5 rings (SSSR count). The van der Waals surface area contributed by atoms with Crippen LogP contribution < -0.4 is 16.3 Å². The van der Waals surface area contributed by atoms with Crippen LogP contribution >= 0.6 is 11.3 Å². The van der Waals surface area contributed by atoms with E-state index in [9.17, 15) is 4.79 Å². The first-order valence-corrected chi connectivity index (χ1v) is 10.0. The van der Waals surface area contributed by atoms with Gasteiger partial charge in [0.2, 0.25) is 0 Å². The number of nitrogens with zero attached hydrogens (tertiary/aromatic N) is 2. The van der Waals surface area contributed by atoms with Crippen LogP contribution in [0, 0.1) is 6.92 Å². The number of aromatic nitrogens is 3. The molecule has 1 fully saturated rings. The van der Waals surface area contributed by atoms with Crippen molar-refractivity contribution in [3.8, 4) is 10.4 Å². The van der Waals surface area contributed by atoms with Crippen molar-refractivity contribution in [1.82, 2.24) is 25.2 Å². The highest BCUT2D eigenvalue weighted by molar-refractivity contribution is 7.15. The summed E-state index contributed by atoms with van der Waals surface area (Å²) in [5, 5.41) is 14.7. The van der Waals surface area contributed by atoms with Gasteiger partial charge in [-0.2, -0.15) is 5.10 Å². The molecule has 1 aliphatic rings. The third kappa shape index (κ3) is 2.97. The molecule has 3 aromatic heterocycles. The summed E-state index contributed by atoms with van der Waals surface area (Å²) in [4.78, 5) is 14.7. The van der Waals surface area contributed by atoms with Gasteiger partial charge in [-0.3, -0.25) is 0 Å². The minimum Gasteiger partial charge on any atom is -0.315 e. The number of pyridine rings is 1. The van der Waals surface area contributed by atoms with Gasteiger partial charge in [0, 0.05) is 34.3 Å². The summed E-state index contributed by atoms with van der Waals surface area (Å²) in [5.74, 6) is 0. The number of aryl methyl sites for hydroxylation is 1. The molecule has 1 atom stereocenters. The number of H-pyrrole nitrogens is 1. The molecule has 138 valence electrons. The van der Waals surface area contributed by atoms with Gasteiger partial charge in [0.1, 0.15) is 0 Å². The van der Waals surface area contributed by atoms with Crippen LogP contribution in [0.2, 0.25) is 0 Å². The van der Waals surface area contributed by atoms with E-state index in [1.807, 2.05) is 13.0 Å². The Bertz CT molecular complexity index is 1180. The molecular weight excluding hydrogens is 358 g/mol. The van der Waals surface area contributed by atoms with Gasteiger partial charge in [0.15, 0.2) is 5.65 Å². The summed E-state index contributed by atoms with van der Waals surface area (Å²) in [6.07, 6.45) is 1.19. The van der Waals surface area contributed by atoms with E-state index < -0.39 is 0 Å². The van der Waals surface area contributed by atoms with Crippen LogP contribution in [0.3, 0.4) is 0 Å². The van der Waals surface area contributed by atoms with Crippen molar-refractivity contribution in [2.75, 3.05) is 13.1 Å².